The van der Waals surface area contributed by atoms with Gasteiger partial charge in [0.05, 0.1) is 5.69 Å². The monoisotopic (exact) mass is 247 g/mol. The van der Waals surface area contributed by atoms with Crippen LogP contribution in [0, 0.1) is 0 Å². The van der Waals surface area contributed by atoms with Crippen LogP contribution < -0.4 is 16.0 Å². The molecule has 5 nitrogen and oxygen atoms in total. The number of nitrogens with zero attached hydrogens (tertiary/aromatic N) is 1. The van der Waals surface area contributed by atoms with Crippen molar-refractivity contribution >= 4 is 23.3 Å². The summed E-state index contributed by atoms with van der Waals surface area (Å²) in [5, 5.41) is 2.54. The largest absolute Gasteiger partial charge is 0.399 e. The molecule has 0 saturated heterocycles. The lowest BCUT2D eigenvalue weighted by atomic mass is 10.2. The zero-order valence-corrected chi connectivity index (χ0v) is 10.7. The number of imide groups is 1. The van der Waals surface area contributed by atoms with Gasteiger partial charge in [0.2, 0.25) is 5.91 Å². The maximum absolute atomic E-state index is 11.9. The molecule has 96 valence electrons. The van der Waals surface area contributed by atoms with Crippen molar-refractivity contribution in [3.8, 4) is 0 Å². The standard InChI is InChI=1S/C13H17N3O2/c1-9(2)8-15-13(18)16(10(3)17)12-6-4-5-11(14)7-12/h4-8H,14H2,1-3H3,(H,15,18). The van der Waals surface area contributed by atoms with Gasteiger partial charge in [-0.05, 0) is 32.0 Å². The van der Waals surface area contributed by atoms with Crippen molar-refractivity contribution in [1.29, 1.82) is 0 Å². The van der Waals surface area contributed by atoms with E-state index in [1.54, 1.807) is 30.5 Å². The van der Waals surface area contributed by atoms with E-state index in [2.05, 4.69) is 5.32 Å². The quantitative estimate of drug-likeness (QED) is 0.787. The van der Waals surface area contributed by atoms with Crippen LogP contribution >= 0.6 is 0 Å². The van der Waals surface area contributed by atoms with Crippen LogP contribution in [-0.2, 0) is 4.79 Å². The molecule has 0 unspecified atom stereocenters. The number of amides is 3. The topological polar surface area (TPSA) is 75.4 Å². The van der Waals surface area contributed by atoms with Crippen molar-refractivity contribution < 1.29 is 9.59 Å². The summed E-state index contributed by atoms with van der Waals surface area (Å²) in [7, 11) is 0. The van der Waals surface area contributed by atoms with Gasteiger partial charge in [0.1, 0.15) is 0 Å². The fourth-order valence-corrected chi connectivity index (χ4v) is 1.38. The highest BCUT2D eigenvalue weighted by Crippen LogP contribution is 2.17. The predicted octanol–water partition coefficient (Wildman–Crippen LogP) is 2.25. The lowest BCUT2D eigenvalue weighted by Gasteiger charge is -2.19. The molecule has 0 aliphatic rings. The zero-order chi connectivity index (χ0) is 13.7. The number of allylic oxidation sites excluding steroid dienone is 1. The number of hydrogen-bond donors (Lipinski definition) is 2. The van der Waals surface area contributed by atoms with Crippen LogP contribution in [0.1, 0.15) is 20.8 Å². The number of carbonyl (C=O) groups is 2. The number of nitrogen functional groups attached to an aromatic ring is 1. The number of anilines is 2. The van der Waals surface area contributed by atoms with Crippen molar-refractivity contribution in [2.45, 2.75) is 20.8 Å². The Hall–Kier alpha value is -2.30. The summed E-state index contributed by atoms with van der Waals surface area (Å²) in [6.07, 6.45) is 1.55. The predicted molar refractivity (Wildman–Crippen MR) is 72.0 cm³/mol. The second kappa shape index (κ2) is 5.86. The second-order valence-electron chi connectivity index (χ2n) is 4.12. The van der Waals surface area contributed by atoms with Gasteiger partial charge < -0.3 is 11.1 Å². The Balaban J connectivity index is 3.00. The van der Waals surface area contributed by atoms with Gasteiger partial charge in [0.15, 0.2) is 0 Å². The molecule has 5 heteroatoms. The summed E-state index contributed by atoms with van der Waals surface area (Å²) in [6, 6.07) is 6.10. The van der Waals surface area contributed by atoms with Crippen LogP contribution in [0.3, 0.4) is 0 Å². The molecule has 3 amide bonds. The normalized spacial score (nSPS) is 9.50. The van der Waals surface area contributed by atoms with Crippen LogP contribution in [0.4, 0.5) is 16.2 Å². The van der Waals surface area contributed by atoms with Crippen molar-refractivity contribution in [2.75, 3.05) is 10.6 Å². The molecule has 0 saturated carbocycles. The molecular weight excluding hydrogens is 230 g/mol. The molecule has 0 aromatic heterocycles. The van der Waals surface area contributed by atoms with E-state index in [1.165, 1.54) is 6.92 Å². The smallest absolute Gasteiger partial charge is 0.332 e. The maximum atomic E-state index is 11.9. The molecule has 3 N–H and O–H groups in total. The summed E-state index contributed by atoms with van der Waals surface area (Å²) in [4.78, 5) is 24.5. The molecule has 1 aromatic carbocycles. The van der Waals surface area contributed by atoms with E-state index >= 15 is 0 Å². The third kappa shape index (κ3) is 3.62. The van der Waals surface area contributed by atoms with Gasteiger partial charge in [-0.2, -0.15) is 0 Å². The highest BCUT2D eigenvalue weighted by Gasteiger charge is 2.19. The van der Waals surface area contributed by atoms with Gasteiger partial charge in [0, 0.05) is 18.8 Å². The maximum Gasteiger partial charge on any atom is 0.332 e. The Morgan fingerprint density at radius 1 is 1.28 bits per heavy atom. The summed E-state index contributed by atoms with van der Waals surface area (Å²) in [6.45, 7) is 5.02. The van der Waals surface area contributed by atoms with Gasteiger partial charge in [-0.25, -0.2) is 9.69 Å². The average Bonchev–Trinajstić information content (AvgIpc) is 2.26. The first-order valence-electron chi connectivity index (χ1n) is 5.52. The summed E-state index contributed by atoms with van der Waals surface area (Å²) >= 11 is 0. The molecule has 0 atom stereocenters. The zero-order valence-electron chi connectivity index (χ0n) is 10.7. The molecule has 0 spiro atoms. The molecule has 0 aliphatic heterocycles. The summed E-state index contributed by atoms with van der Waals surface area (Å²) in [5.41, 5.74) is 7.51. The summed E-state index contributed by atoms with van der Waals surface area (Å²) < 4.78 is 0. The Morgan fingerprint density at radius 3 is 2.44 bits per heavy atom. The second-order valence-corrected chi connectivity index (χ2v) is 4.12. The van der Waals surface area contributed by atoms with E-state index in [-0.39, 0.29) is 5.91 Å². The highest BCUT2D eigenvalue weighted by atomic mass is 16.2. The minimum Gasteiger partial charge on any atom is -0.399 e. The molecule has 0 fully saturated rings. The molecule has 0 aliphatic carbocycles. The molecule has 1 aromatic rings. The van der Waals surface area contributed by atoms with Crippen LogP contribution in [0.25, 0.3) is 0 Å². The Morgan fingerprint density at radius 2 is 1.94 bits per heavy atom. The number of urea groups is 1. The van der Waals surface area contributed by atoms with Gasteiger partial charge in [0.25, 0.3) is 0 Å². The van der Waals surface area contributed by atoms with E-state index in [0.717, 1.165) is 10.5 Å². The molecule has 0 heterocycles. The molecule has 0 radical (unpaired) electrons. The Labute approximate surface area is 106 Å². The van der Waals surface area contributed by atoms with E-state index in [9.17, 15) is 9.59 Å². The first kappa shape index (κ1) is 13.8. The van der Waals surface area contributed by atoms with Gasteiger partial charge >= 0.3 is 6.03 Å². The molecule has 1 rings (SSSR count). The molecule has 18 heavy (non-hydrogen) atoms. The minimum absolute atomic E-state index is 0.375. The third-order valence-electron chi connectivity index (χ3n) is 2.13. The van der Waals surface area contributed by atoms with E-state index in [1.807, 2.05) is 13.8 Å². The van der Waals surface area contributed by atoms with E-state index < -0.39 is 6.03 Å². The molecule has 0 bridgehead atoms. The van der Waals surface area contributed by atoms with Crippen LogP contribution in [0.2, 0.25) is 0 Å². The number of hydrogen-bond acceptors (Lipinski definition) is 3. The van der Waals surface area contributed by atoms with E-state index in [0.29, 0.717) is 11.4 Å². The summed E-state index contributed by atoms with van der Waals surface area (Å²) in [5.74, 6) is -0.375. The Bertz CT molecular complexity index is 491. The number of nitrogens with one attached hydrogen (secondary N) is 1. The van der Waals surface area contributed by atoms with E-state index in [4.69, 9.17) is 5.73 Å². The van der Waals surface area contributed by atoms with Crippen LogP contribution in [0.5, 0.6) is 0 Å². The number of rotatable bonds is 2. The van der Waals surface area contributed by atoms with Crippen molar-refractivity contribution in [3.05, 3.63) is 36.0 Å². The fraction of sp³-hybridized carbons (Fsp3) is 0.231. The van der Waals surface area contributed by atoms with Crippen LogP contribution in [-0.4, -0.2) is 11.9 Å². The average molecular weight is 247 g/mol. The van der Waals surface area contributed by atoms with Crippen molar-refractivity contribution in [2.24, 2.45) is 0 Å². The number of carbonyl (C=O) groups excluding carboxylic acids is 2. The fourth-order valence-electron chi connectivity index (χ4n) is 1.38. The van der Waals surface area contributed by atoms with Crippen molar-refractivity contribution in [3.63, 3.8) is 0 Å². The Kier molecular flexibility index (Phi) is 4.48. The van der Waals surface area contributed by atoms with Crippen molar-refractivity contribution in [1.82, 2.24) is 5.32 Å². The van der Waals surface area contributed by atoms with Crippen LogP contribution in [0.15, 0.2) is 36.0 Å². The molecular formula is C13H17N3O2. The van der Waals surface area contributed by atoms with Gasteiger partial charge in [-0.1, -0.05) is 11.6 Å². The highest BCUT2D eigenvalue weighted by molar-refractivity contribution is 6.13. The number of benzene rings is 1. The van der Waals surface area contributed by atoms with Gasteiger partial charge in [-0.3, -0.25) is 4.79 Å². The first-order chi connectivity index (χ1) is 8.41. The lowest BCUT2D eigenvalue weighted by molar-refractivity contribution is -0.115. The number of nitrogens with two attached hydrogens (primary N) is 1. The van der Waals surface area contributed by atoms with Gasteiger partial charge in [-0.15, -0.1) is 0 Å². The third-order valence-corrected chi connectivity index (χ3v) is 2.13. The lowest BCUT2D eigenvalue weighted by Crippen LogP contribution is -2.41. The SMILES string of the molecule is CC(=O)N(C(=O)NC=C(C)C)c1cccc(N)c1. The first-order valence-corrected chi connectivity index (χ1v) is 5.52. The minimum atomic E-state index is -0.505.